The first-order valence-corrected chi connectivity index (χ1v) is 9.50. The van der Waals surface area contributed by atoms with Gasteiger partial charge in [0.25, 0.3) is 0 Å². The summed E-state index contributed by atoms with van der Waals surface area (Å²) in [5, 5.41) is 22.9. The first-order valence-electron chi connectivity index (χ1n) is 9.50. The molecule has 2 heterocycles. The number of aromatic nitrogens is 3. The topological polar surface area (TPSA) is 84.3 Å². The van der Waals surface area contributed by atoms with E-state index in [1.807, 2.05) is 16.7 Å². The predicted octanol–water partition coefficient (Wildman–Crippen LogP) is 2.86. The second-order valence-corrected chi connectivity index (χ2v) is 7.36. The zero-order valence-electron chi connectivity index (χ0n) is 15.7. The lowest BCUT2D eigenvalue weighted by Gasteiger charge is -2.34. The van der Waals surface area contributed by atoms with E-state index in [1.165, 1.54) is 5.56 Å². The molecular weight excluding hydrogens is 354 g/mol. The molecule has 0 aliphatic heterocycles. The standard InChI is InChI=1S/C22H23N3O3/c1-15(27)22-23-8-9-25(22)13-20-12-21(28-24-20)7-4-16-2-5-18(6-3-16)19-10-17(11-19)14-26/h2-3,5-6,8-9,12,15,17,19,26-27H,10-11,13-14H2,1H3/t15-,17?,19?/m0/s1. The molecule has 2 aromatic heterocycles. The van der Waals surface area contributed by atoms with Crippen molar-refractivity contribution < 1.29 is 14.7 Å². The molecule has 0 unspecified atom stereocenters. The van der Waals surface area contributed by atoms with Crippen LogP contribution >= 0.6 is 0 Å². The second kappa shape index (κ2) is 8.01. The summed E-state index contributed by atoms with van der Waals surface area (Å²) in [5.74, 6) is 8.22. The van der Waals surface area contributed by atoms with Crippen LogP contribution in [0.4, 0.5) is 0 Å². The Morgan fingerprint density at radius 2 is 2.04 bits per heavy atom. The summed E-state index contributed by atoms with van der Waals surface area (Å²) in [6, 6.07) is 10.1. The zero-order chi connectivity index (χ0) is 19.5. The van der Waals surface area contributed by atoms with E-state index in [4.69, 9.17) is 9.63 Å². The molecule has 0 radical (unpaired) electrons. The van der Waals surface area contributed by atoms with Gasteiger partial charge in [0.1, 0.15) is 17.6 Å². The van der Waals surface area contributed by atoms with Crippen molar-refractivity contribution in [3.63, 3.8) is 0 Å². The molecule has 28 heavy (non-hydrogen) atoms. The van der Waals surface area contributed by atoms with Gasteiger partial charge in [-0.15, -0.1) is 0 Å². The SMILES string of the molecule is C[C@H](O)c1nccn1Cc1cc(C#Cc2ccc(C3CC(CO)C3)cc2)on1. The Balaban J connectivity index is 1.39. The van der Waals surface area contributed by atoms with Crippen molar-refractivity contribution in [1.29, 1.82) is 0 Å². The van der Waals surface area contributed by atoms with Gasteiger partial charge in [0.2, 0.25) is 5.76 Å². The molecule has 1 aliphatic rings. The molecule has 1 atom stereocenters. The number of aliphatic hydroxyl groups excluding tert-OH is 2. The Morgan fingerprint density at radius 1 is 1.25 bits per heavy atom. The van der Waals surface area contributed by atoms with E-state index in [1.54, 1.807) is 25.4 Å². The molecule has 1 fully saturated rings. The van der Waals surface area contributed by atoms with Crippen LogP contribution in [0.2, 0.25) is 0 Å². The Kier molecular flexibility index (Phi) is 5.29. The minimum Gasteiger partial charge on any atom is -0.396 e. The van der Waals surface area contributed by atoms with Gasteiger partial charge in [0.05, 0.1) is 6.54 Å². The van der Waals surface area contributed by atoms with Gasteiger partial charge in [-0.1, -0.05) is 23.2 Å². The van der Waals surface area contributed by atoms with Crippen LogP contribution in [0.25, 0.3) is 0 Å². The predicted molar refractivity (Wildman–Crippen MR) is 103 cm³/mol. The van der Waals surface area contributed by atoms with Crippen LogP contribution in [0.3, 0.4) is 0 Å². The smallest absolute Gasteiger partial charge is 0.210 e. The Hall–Kier alpha value is -2.88. The highest BCUT2D eigenvalue weighted by atomic mass is 16.5. The molecule has 2 N–H and O–H groups in total. The molecule has 1 aromatic carbocycles. The Labute approximate surface area is 163 Å². The third kappa shape index (κ3) is 4.01. The van der Waals surface area contributed by atoms with Gasteiger partial charge >= 0.3 is 0 Å². The van der Waals surface area contributed by atoms with E-state index in [0.29, 0.717) is 36.6 Å². The maximum absolute atomic E-state index is 9.73. The lowest BCUT2D eigenvalue weighted by molar-refractivity contribution is 0.142. The zero-order valence-corrected chi connectivity index (χ0v) is 15.7. The van der Waals surface area contributed by atoms with E-state index in [9.17, 15) is 5.11 Å². The van der Waals surface area contributed by atoms with Crippen LogP contribution in [-0.2, 0) is 6.54 Å². The van der Waals surface area contributed by atoms with Crippen molar-refractivity contribution in [2.75, 3.05) is 6.61 Å². The van der Waals surface area contributed by atoms with Crippen molar-refractivity contribution in [1.82, 2.24) is 14.7 Å². The number of nitrogens with zero attached hydrogens (tertiary/aromatic N) is 3. The largest absolute Gasteiger partial charge is 0.396 e. The summed E-state index contributed by atoms with van der Waals surface area (Å²) in [4.78, 5) is 4.15. The second-order valence-electron chi connectivity index (χ2n) is 7.36. The van der Waals surface area contributed by atoms with E-state index in [2.05, 4.69) is 34.1 Å². The Bertz CT molecular complexity index is 986. The highest BCUT2D eigenvalue weighted by Crippen LogP contribution is 2.41. The number of hydrogen-bond acceptors (Lipinski definition) is 5. The molecule has 6 nitrogen and oxygen atoms in total. The third-order valence-electron chi connectivity index (χ3n) is 5.22. The average Bonchev–Trinajstić information content (AvgIpc) is 3.30. The van der Waals surface area contributed by atoms with Crippen LogP contribution in [0.15, 0.2) is 47.2 Å². The molecule has 0 spiro atoms. The van der Waals surface area contributed by atoms with Gasteiger partial charge in [-0.3, -0.25) is 0 Å². The van der Waals surface area contributed by atoms with Crippen molar-refractivity contribution >= 4 is 0 Å². The molecule has 4 rings (SSSR count). The first-order chi connectivity index (χ1) is 13.6. The van der Waals surface area contributed by atoms with Gasteiger partial charge < -0.3 is 19.3 Å². The molecule has 0 saturated heterocycles. The van der Waals surface area contributed by atoms with Crippen LogP contribution in [0.1, 0.15) is 60.2 Å². The molecule has 1 aliphatic carbocycles. The number of hydrogen-bond donors (Lipinski definition) is 2. The average molecular weight is 377 g/mol. The van der Waals surface area contributed by atoms with Gasteiger partial charge in [-0.05, 0) is 55.2 Å². The van der Waals surface area contributed by atoms with E-state index >= 15 is 0 Å². The Morgan fingerprint density at radius 3 is 2.75 bits per heavy atom. The van der Waals surface area contributed by atoms with Gasteiger partial charge in [0, 0.05) is 30.6 Å². The summed E-state index contributed by atoms with van der Waals surface area (Å²) in [5.41, 5.74) is 2.96. The molecule has 3 aromatic rings. The highest BCUT2D eigenvalue weighted by molar-refractivity contribution is 5.41. The van der Waals surface area contributed by atoms with E-state index in [-0.39, 0.29) is 0 Å². The fourth-order valence-electron chi connectivity index (χ4n) is 3.57. The summed E-state index contributed by atoms with van der Waals surface area (Å²) in [6.07, 6.45) is 4.94. The molecule has 6 heteroatoms. The quantitative estimate of drug-likeness (QED) is 0.668. The normalized spacial score (nSPS) is 19.5. The lowest BCUT2D eigenvalue weighted by Crippen LogP contribution is -2.24. The molecule has 0 amide bonds. The number of imidazole rings is 1. The van der Waals surface area contributed by atoms with Crippen LogP contribution in [0.5, 0.6) is 0 Å². The van der Waals surface area contributed by atoms with Gasteiger partial charge in [-0.2, -0.15) is 0 Å². The fourth-order valence-corrected chi connectivity index (χ4v) is 3.57. The summed E-state index contributed by atoms with van der Waals surface area (Å²) in [6.45, 7) is 2.44. The lowest BCUT2D eigenvalue weighted by atomic mass is 9.72. The summed E-state index contributed by atoms with van der Waals surface area (Å²) < 4.78 is 7.14. The van der Waals surface area contributed by atoms with E-state index in [0.717, 1.165) is 24.1 Å². The molecule has 0 bridgehead atoms. The third-order valence-corrected chi connectivity index (χ3v) is 5.22. The highest BCUT2D eigenvalue weighted by Gasteiger charge is 2.29. The number of benzene rings is 1. The van der Waals surface area contributed by atoms with Gasteiger partial charge in [-0.25, -0.2) is 4.98 Å². The van der Waals surface area contributed by atoms with Crippen LogP contribution < -0.4 is 0 Å². The monoisotopic (exact) mass is 377 g/mol. The maximum Gasteiger partial charge on any atom is 0.210 e. The van der Waals surface area contributed by atoms with Crippen LogP contribution in [-0.4, -0.2) is 31.5 Å². The van der Waals surface area contributed by atoms with Crippen LogP contribution in [0, 0.1) is 17.8 Å². The molecule has 144 valence electrons. The number of aliphatic hydroxyl groups is 2. The van der Waals surface area contributed by atoms with Crippen molar-refractivity contribution in [3.05, 3.63) is 71.1 Å². The van der Waals surface area contributed by atoms with Gasteiger partial charge in [0.15, 0.2) is 0 Å². The fraction of sp³-hybridized carbons (Fsp3) is 0.364. The van der Waals surface area contributed by atoms with Crippen molar-refractivity contribution in [3.8, 4) is 11.8 Å². The first kappa shape index (κ1) is 18.5. The van der Waals surface area contributed by atoms with Crippen molar-refractivity contribution in [2.24, 2.45) is 5.92 Å². The number of rotatable bonds is 5. The molecule has 1 saturated carbocycles. The maximum atomic E-state index is 9.73. The summed E-state index contributed by atoms with van der Waals surface area (Å²) >= 11 is 0. The molecular formula is C22H23N3O3. The van der Waals surface area contributed by atoms with Crippen molar-refractivity contribution in [2.45, 2.75) is 38.3 Å². The summed E-state index contributed by atoms with van der Waals surface area (Å²) in [7, 11) is 0. The minimum absolute atomic E-state index is 0.292. The minimum atomic E-state index is -0.640. The van der Waals surface area contributed by atoms with E-state index < -0.39 is 6.10 Å².